The molecule has 0 fully saturated rings. The van der Waals surface area contributed by atoms with Crippen molar-refractivity contribution in [3.63, 3.8) is 0 Å². The van der Waals surface area contributed by atoms with E-state index in [1.165, 1.54) is 5.56 Å². The summed E-state index contributed by atoms with van der Waals surface area (Å²) in [5.74, 6) is 0. The number of hydrogen-bond acceptors (Lipinski definition) is 3. The second-order valence-corrected chi connectivity index (χ2v) is 4.11. The SMILES string of the molecule is NC(CCCc1ccccc1)c1cnccn1. The van der Waals surface area contributed by atoms with E-state index in [2.05, 4.69) is 34.2 Å². The summed E-state index contributed by atoms with van der Waals surface area (Å²) < 4.78 is 0. The van der Waals surface area contributed by atoms with Crippen LogP contribution >= 0.6 is 0 Å². The van der Waals surface area contributed by atoms with Crippen LogP contribution in [0.2, 0.25) is 0 Å². The minimum absolute atomic E-state index is 0.00703. The Labute approximate surface area is 102 Å². The predicted molar refractivity (Wildman–Crippen MR) is 68.3 cm³/mol. The Morgan fingerprint density at radius 1 is 1.12 bits per heavy atom. The summed E-state index contributed by atoms with van der Waals surface area (Å²) >= 11 is 0. The molecular formula is C14H17N3. The summed E-state index contributed by atoms with van der Waals surface area (Å²) in [4.78, 5) is 8.25. The van der Waals surface area contributed by atoms with Crippen molar-refractivity contribution in [1.29, 1.82) is 0 Å². The lowest BCUT2D eigenvalue weighted by Gasteiger charge is -2.09. The fraction of sp³-hybridized carbons (Fsp3) is 0.286. The van der Waals surface area contributed by atoms with Crippen molar-refractivity contribution in [1.82, 2.24) is 9.97 Å². The fourth-order valence-electron chi connectivity index (χ4n) is 1.82. The summed E-state index contributed by atoms with van der Waals surface area (Å²) in [5.41, 5.74) is 8.29. The number of benzene rings is 1. The first-order chi connectivity index (χ1) is 8.36. The van der Waals surface area contributed by atoms with Crippen LogP contribution < -0.4 is 5.73 Å². The van der Waals surface area contributed by atoms with Gasteiger partial charge in [-0.15, -0.1) is 0 Å². The maximum absolute atomic E-state index is 6.06. The molecule has 0 bridgehead atoms. The van der Waals surface area contributed by atoms with Crippen molar-refractivity contribution in [2.45, 2.75) is 25.3 Å². The first kappa shape index (κ1) is 11.7. The first-order valence-electron chi connectivity index (χ1n) is 5.91. The van der Waals surface area contributed by atoms with Gasteiger partial charge in [0, 0.05) is 24.6 Å². The van der Waals surface area contributed by atoms with Crippen molar-refractivity contribution in [2.24, 2.45) is 5.73 Å². The zero-order valence-corrected chi connectivity index (χ0v) is 9.79. The molecule has 0 aliphatic heterocycles. The first-order valence-corrected chi connectivity index (χ1v) is 5.91. The third-order valence-corrected chi connectivity index (χ3v) is 2.79. The Morgan fingerprint density at radius 2 is 1.94 bits per heavy atom. The summed E-state index contributed by atoms with van der Waals surface area (Å²) in [6, 6.07) is 10.5. The average molecular weight is 227 g/mol. The van der Waals surface area contributed by atoms with Crippen molar-refractivity contribution in [2.75, 3.05) is 0 Å². The minimum Gasteiger partial charge on any atom is -0.323 e. The largest absolute Gasteiger partial charge is 0.323 e. The Bertz CT molecular complexity index is 428. The maximum atomic E-state index is 6.06. The van der Waals surface area contributed by atoms with Gasteiger partial charge in [0.05, 0.1) is 5.69 Å². The Balaban J connectivity index is 1.79. The molecule has 3 heteroatoms. The fourth-order valence-corrected chi connectivity index (χ4v) is 1.82. The molecule has 3 nitrogen and oxygen atoms in total. The highest BCUT2D eigenvalue weighted by atomic mass is 14.8. The van der Waals surface area contributed by atoms with E-state index >= 15 is 0 Å². The summed E-state index contributed by atoms with van der Waals surface area (Å²) in [6.07, 6.45) is 8.17. The normalized spacial score (nSPS) is 12.3. The molecule has 1 heterocycles. The molecule has 0 amide bonds. The van der Waals surface area contributed by atoms with Crippen LogP contribution in [0.25, 0.3) is 0 Å². The van der Waals surface area contributed by atoms with Crippen LogP contribution in [0.5, 0.6) is 0 Å². The van der Waals surface area contributed by atoms with Crippen LogP contribution in [0.15, 0.2) is 48.9 Å². The van der Waals surface area contributed by atoms with E-state index in [0.717, 1.165) is 25.0 Å². The van der Waals surface area contributed by atoms with Gasteiger partial charge in [-0.2, -0.15) is 0 Å². The molecule has 2 N–H and O–H groups in total. The number of aromatic nitrogens is 2. The molecule has 1 aromatic heterocycles. The molecule has 1 aromatic carbocycles. The van der Waals surface area contributed by atoms with Gasteiger partial charge in [0.2, 0.25) is 0 Å². The molecule has 88 valence electrons. The summed E-state index contributed by atoms with van der Waals surface area (Å²) in [7, 11) is 0. The lowest BCUT2D eigenvalue weighted by Crippen LogP contribution is -2.12. The highest BCUT2D eigenvalue weighted by Crippen LogP contribution is 2.14. The third-order valence-electron chi connectivity index (χ3n) is 2.79. The average Bonchev–Trinajstić information content (AvgIpc) is 2.41. The van der Waals surface area contributed by atoms with Gasteiger partial charge in [0.25, 0.3) is 0 Å². The van der Waals surface area contributed by atoms with E-state index in [9.17, 15) is 0 Å². The van der Waals surface area contributed by atoms with Gasteiger partial charge < -0.3 is 5.73 Å². The number of hydrogen-bond donors (Lipinski definition) is 1. The van der Waals surface area contributed by atoms with Crippen LogP contribution in [0.4, 0.5) is 0 Å². The molecule has 2 rings (SSSR count). The second kappa shape index (κ2) is 6.11. The topological polar surface area (TPSA) is 51.8 Å². The summed E-state index contributed by atoms with van der Waals surface area (Å²) in [5, 5.41) is 0. The molecule has 0 aliphatic carbocycles. The van der Waals surface area contributed by atoms with Crippen LogP contribution in [0.1, 0.15) is 30.1 Å². The van der Waals surface area contributed by atoms with Gasteiger partial charge >= 0.3 is 0 Å². The third kappa shape index (κ3) is 3.64. The number of rotatable bonds is 5. The van der Waals surface area contributed by atoms with E-state index in [-0.39, 0.29) is 6.04 Å². The van der Waals surface area contributed by atoms with E-state index in [4.69, 9.17) is 5.73 Å². The lowest BCUT2D eigenvalue weighted by molar-refractivity contribution is 0.595. The number of aryl methyl sites for hydroxylation is 1. The molecule has 0 spiro atoms. The summed E-state index contributed by atoms with van der Waals surface area (Å²) in [6.45, 7) is 0. The van der Waals surface area contributed by atoms with Crippen molar-refractivity contribution >= 4 is 0 Å². The molecule has 1 unspecified atom stereocenters. The zero-order valence-electron chi connectivity index (χ0n) is 9.79. The maximum Gasteiger partial charge on any atom is 0.0753 e. The molecule has 2 aromatic rings. The van der Waals surface area contributed by atoms with Crippen LogP contribution in [-0.4, -0.2) is 9.97 Å². The highest BCUT2D eigenvalue weighted by molar-refractivity contribution is 5.14. The molecule has 0 saturated carbocycles. The Kier molecular flexibility index (Phi) is 4.22. The Morgan fingerprint density at radius 3 is 2.65 bits per heavy atom. The standard InChI is InChI=1S/C14H17N3/c15-13(14-11-16-9-10-17-14)8-4-7-12-5-2-1-3-6-12/h1-3,5-6,9-11,13H,4,7-8,15H2. The smallest absolute Gasteiger partial charge is 0.0753 e. The van der Waals surface area contributed by atoms with E-state index in [1.807, 2.05) is 6.07 Å². The Hall–Kier alpha value is -1.74. The monoisotopic (exact) mass is 227 g/mol. The van der Waals surface area contributed by atoms with Gasteiger partial charge in [-0.3, -0.25) is 9.97 Å². The molecule has 1 atom stereocenters. The quantitative estimate of drug-likeness (QED) is 0.853. The number of nitrogens with two attached hydrogens (primary N) is 1. The predicted octanol–water partition coefficient (Wildman–Crippen LogP) is 2.50. The van der Waals surface area contributed by atoms with E-state index in [0.29, 0.717) is 0 Å². The van der Waals surface area contributed by atoms with Gasteiger partial charge in [-0.05, 0) is 24.8 Å². The van der Waals surface area contributed by atoms with Gasteiger partial charge in [0.15, 0.2) is 0 Å². The lowest BCUT2D eigenvalue weighted by atomic mass is 10.0. The van der Waals surface area contributed by atoms with Crippen LogP contribution in [0.3, 0.4) is 0 Å². The minimum atomic E-state index is -0.00703. The van der Waals surface area contributed by atoms with Crippen molar-refractivity contribution in [3.05, 3.63) is 60.2 Å². The van der Waals surface area contributed by atoms with Crippen LogP contribution in [-0.2, 0) is 6.42 Å². The van der Waals surface area contributed by atoms with Crippen molar-refractivity contribution < 1.29 is 0 Å². The van der Waals surface area contributed by atoms with Gasteiger partial charge in [-0.25, -0.2) is 0 Å². The highest BCUT2D eigenvalue weighted by Gasteiger charge is 2.06. The molecule has 0 radical (unpaired) electrons. The zero-order chi connectivity index (χ0) is 11.9. The molecule has 0 saturated heterocycles. The van der Waals surface area contributed by atoms with Crippen molar-refractivity contribution in [3.8, 4) is 0 Å². The molecule has 17 heavy (non-hydrogen) atoms. The number of nitrogens with zero attached hydrogens (tertiary/aromatic N) is 2. The van der Waals surface area contributed by atoms with Gasteiger partial charge in [0.1, 0.15) is 0 Å². The van der Waals surface area contributed by atoms with E-state index < -0.39 is 0 Å². The van der Waals surface area contributed by atoms with Gasteiger partial charge in [-0.1, -0.05) is 30.3 Å². The van der Waals surface area contributed by atoms with Crippen LogP contribution in [0, 0.1) is 0 Å². The molecule has 0 aliphatic rings. The van der Waals surface area contributed by atoms with E-state index in [1.54, 1.807) is 18.6 Å². The molecular weight excluding hydrogens is 210 g/mol. The second-order valence-electron chi connectivity index (χ2n) is 4.11.